The molecule has 0 saturated carbocycles. The lowest BCUT2D eigenvalue weighted by Crippen LogP contribution is -2.49. The van der Waals surface area contributed by atoms with E-state index in [4.69, 9.17) is 23.2 Å². The molecule has 2 saturated heterocycles. The van der Waals surface area contributed by atoms with Crippen molar-refractivity contribution in [3.05, 3.63) is 57.7 Å². The molecule has 1 aromatic carbocycles. The van der Waals surface area contributed by atoms with Crippen LogP contribution in [0.3, 0.4) is 0 Å². The summed E-state index contributed by atoms with van der Waals surface area (Å²) in [5.41, 5.74) is 1.05. The minimum atomic E-state index is -0.132. The number of hydrogen-bond donors (Lipinski definition) is 0. The Labute approximate surface area is 186 Å². The highest BCUT2D eigenvalue weighted by atomic mass is 35.5. The number of pyridine rings is 1. The van der Waals surface area contributed by atoms with Gasteiger partial charge in [0.15, 0.2) is 0 Å². The standard InChI is InChI=1S/C22H24Cl2N4O2/c23-18-8-4-6-16(19(18)24)21(29)28-14-12-26(13-15-28)20-17(7-5-9-25-20)22(30)27-10-2-1-3-11-27/h4-9H,1-3,10-15H2. The molecule has 1 aromatic heterocycles. The maximum Gasteiger partial charge on any atom is 0.257 e. The fraction of sp³-hybridized carbons (Fsp3) is 0.409. The van der Waals surface area contributed by atoms with E-state index in [1.165, 1.54) is 6.42 Å². The number of piperazine rings is 1. The van der Waals surface area contributed by atoms with Crippen LogP contribution in [-0.4, -0.2) is 65.9 Å². The highest BCUT2D eigenvalue weighted by Gasteiger charge is 2.28. The zero-order chi connectivity index (χ0) is 21.1. The van der Waals surface area contributed by atoms with Crippen LogP contribution in [0.5, 0.6) is 0 Å². The van der Waals surface area contributed by atoms with E-state index in [0.717, 1.165) is 25.9 Å². The largest absolute Gasteiger partial charge is 0.352 e. The third kappa shape index (κ3) is 4.25. The summed E-state index contributed by atoms with van der Waals surface area (Å²) in [7, 11) is 0. The van der Waals surface area contributed by atoms with Crippen LogP contribution in [0.2, 0.25) is 10.0 Å². The van der Waals surface area contributed by atoms with Crippen molar-refractivity contribution in [3.63, 3.8) is 0 Å². The van der Waals surface area contributed by atoms with Crippen LogP contribution in [0.1, 0.15) is 40.0 Å². The van der Waals surface area contributed by atoms with Crippen molar-refractivity contribution >= 4 is 40.8 Å². The van der Waals surface area contributed by atoms with Crippen LogP contribution in [0.4, 0.5) is 5.82 Å². The van der Waals surface area contributed by atoms with Crippen molar-refractivity contribution in [1.82, 2.24) is 14.8 Å². The number of rotatable bonds is 3. The van der Waals surface area contributed by atoms with Gasteiger partial charge in [-0.1, -0.05) is 29.3 Å². The summed E-state index contributed by atoms with van der Waals surface area (Å²) in [6, 6.07) is 8.74. The number of likely N-dealkylation sites (tertiary alicyclic amines) is 1. The Hall–Kier alpha value is -2.31. The van der Waals surface area contributed by atoms with E-state index in [2.05, 4.69) is 9.88 Å². The second-order valence-corrected chi connectivity index (χ2v) is 8.39. The summed E-state index contributed by atoms with van der Waals surface area (Å²) in [6.07, 6.45) is 4.99. The van der Waals surface area contributed by atoms with E-state index in [0.29, 0.717) is 48.1 Å². The lowest BCUT2D eigenvalue weighted by Gasteiger charge is -2.36. The lowest BCUT2D eigenvalue weighted by atomic mass is 10.1. The van der Waals surface area contributed by atoms with Crippen LogP contribution in [0.25, 0.3) is 0 Å². The van der Waals surface area contributed by atoms with E-state index >= 15 is 0 Å². The Morgan fingerprint density at radius 3 is 2.13 bits per heavy atom. The van der Waals surface area contributed by atoms with Gasteiger partial charge in [0.25, 0.3) is 11.8 Å². The molecular formula is C22H24Cl2N4O2. The van der Waals surface area contributed by atoms with Gasteiger partial charge in [-0.05, 0) is 43.5 Å². The van der Waals surface area contributed by atoms with Gasteiger partial charge in [-0.15, -0.1) is 0 Å². The molecule has 0 aliphatic carbocycles. The molecule has 8 heteroatoms. The molecular weight excluding hydrogens is 423 g/mol. The van der Waals surface area contributed by atoms with E-state index < -0.39 is 0 Å². The monoisotopic (exact) mass is 446 g/mol. The predicted octanol–water partition coefficient (Wildman–Crippen LogP) is 3.98. The molecule has 0 radical (unpaired) electrons. The number of nitrogens with zero attached hydrogens (tertiary/aromatic N) is 4. The maximum atomic E-state index is 13.1. The van der Waals surface area contributed by atoms with Gasteiger partial charge in [0.05, 0.1) is 21.2 Å². The first-order valence-corrected chi connectivity index (χ1v) is 11.0. The quantitative estimate of drug-likeness (QED) is 0.715. The molecule has 2 aliphatic rings. The van der Waals surface area contributed by atoms with Gasteiger partial charge in [-0.2, -0.15) is 0 Å². The van der Waals surface area contributed by atoms with Gasteiger partial charge < -0.3 is 14.7 Å². The lowest BCUT2D eigenvalue weighted by molar-refractivity contribution is 0.0717. The first-order valence-electron chi connectivity index (χ1n) is 10.3. The molecule has 6 nitrogen and oxygen atoms in total. The van der Waals surface area contributed by atoms with Crippen LogP contribution in [0.15, 0.2) is 36.5 Å². The van der Waals surface area contributed by atoms with Crippen LogP contribution in [0, 0.1) is 0 Å². The van der Waals surface area contributed by atoms with Crippen LogP contribution >= 0.6 is 23.2 Å². The predicted molar refractivity (Wildman–Crippen MR) is 119 cm³/mol. The summed E-state index contributed by atoms with van der Waals surface area (Å²) in [6.45, 7) is 3.85. The average molecular weight is 447 g/mol. The van der Waals surface area contributed by atoms with Crippen molar-refractivity contribution < 1.29 is 9.59 Å². The molecule has 4 rings (SSSR count). The molecule has 3 heterocycles. The Bertz CT molecular complexity index is 938. The third-order valence-corrected chi connectivity index (χ3v) is 6.53. The molecule has 30 heavy (non-hydrogen) atoms. The average Bonchev–Trinajstić information content (AvgIpc) is 2.80. The Morgan fingerprint density at radius 1 is 0.767 bits per heavy atom. The van der Waals surface area contributed by atoms with E-state index in [-0.39, 0.29) is 16.8 Å². The van der Waals surface area contributed by atoms with Gasteiger partial charge in [0.2, 0.25) is 0 Å². The first-order chi connectivity index (χ1) is 14.6. The number of carbonyl (C=O) groups is 2. The van der Waals surface area contributed by atoms with Crippen molar-refractivity contribution in [2.75, 3.05) is 44.2 Å². The summed E-state index contributed by atoms with van der Waals surface area (Å²) < 4.78 is 0. The number of aromatic nitrogens is 1. The minimum absolute atomic E-state index is 0.0435. The highest BCUT2D eigenvalue weighted by Crippen LogP contribution is 2.28. The molecule has 2 aliphatic heterocycles. The van der Waals surface area contributed by atoms with Gasteiger partial charge >= 0.3 is 0 Å². The first kappa shape index (κ1) is 20.9. The molecule has 0 bridgehead atoms. The zero-order valence-electron chi connectivity index (χ0n) is 16.7. The van der Waals surface area contributed by atoms with E-state index in [9.17, 15) is 9.59 Å². The molecule has 158 valence electrons. The maximum absolute atomic E-state index is 13.1. The number of halogens is 2. The second kappa shape index (κ2) is 9.23. The van der Waals surface area contributed by atoms with Crippen molar-refractivity contribution in [3.8, 4) is 0 Å². The van der Waals surface area contributed by atoms with Gasteiger partial charge in [-0.3, -0.25) is 9.59 Å². The van der Waals surface area contributed by atoms with Crippen molar-refractivity contribution in [2.45, 2.75) is 19.3 Å². The van der Waals surface area contributed by atoms with Crippen LogP contribution in [-0.2, 0) is 0 Å². The topological polar surface area (TPSA) is 56.8 Å². The summed E-state index contributed by atoms with van der Waals surface area (Å²) in [5.74, 6) is 0.607. The normalized spacial score (nSPS) is 17.2. The fourth-order valence-electron chi connectivity index (χ4n) is 4.04. The number of carbonyl (C=O) groups excluding carboxylic acids is 2. The molecule has 0 unspecified atom stereocenters. The number of anilines is 1. The SMILES string of the molecule is O=C(c1cccnc1N1CCN(C(=O)c2cccc(Cl)c2Cl)CC1)N1CCCCC1. The minimum Gasteiger partial charge on any atom is -0.352 e. The summed E-state index contributed by atoms with van der Waals surface area (Å²) >= 11 is 12.3. The molecule has 2 aromatic rings. The third-order valence-electron chi connectivity index (χ3n) is 5.71. The molecule has 0 N–H and O–H groups in total. The molecule has 2 amide bonds. The van der Waals surface area contributed by atoms with Crippen molar-refractivity contribution in [1.29, 1.82) is 0 Å². The number of amides is 2. The molecule has 2 fully saturated rings. The summed E-state index contributed by atoms with van der Waals surface area (Å²) in [5, 5.41) is 0.654. The van der Waals surface area contributed by atoms with E-state index in [1.54, 1.807) is 29.3 Å². The smallest absolute Gasteiger partial charge is 0.257 e. The summed E-state index contributed by atoms with van der Waals surface area (Å²) in [4.78, 5) is 36.2. The van der Waals surface area contributed by atoms with Gasteiger partial charge in [0, 0.05) is 45.5 Å². The Morgan fingerprint density at radius 2 is 1.40 bits per heavy atom. The van der Waals surface area contributed by atoms with Crippen LogP contribution < -0.4 is 4.90 Å². The second-order valence-electron chi connectivity index (χ2n) is 7.61. The zero-order valence-corrected chi connectivity index (χ0v) is 18.2. The fourth-order valence-corrected chi connectivity index (χ4v) is 4.43. The Balaban J connectivity index is 1.46. The molecule has 0 atom stereocenters. The number of benzene rings is 1. The van der Waals surface area contributed by atoms with Gasteiger partial charge in [0.1, 0.15) is 5.82 Å². The number of hydrogen-bond acceptors (Lipinski definition) is 4. The Kier molecular flexibility index (Phi) is 6.44. The van der Waals surface area contributed by atoms with Crippen molar-refractivity contribution in [2.24, 2.45) is 0 Å². The number of piperidine rings is 1. The highest BCUT2D eigenvalue weighted by molar-refractivity contribution is 6.43. The van der Waals surface area contributed by atoms with Gasteiger partial charge in [-0.25, -0.2) is 4.98 Å². The molecule has 0 spiro atoms. The van der Waals surface area contributed by atoms with E-state index in [1.807, 2.05) is 17.0 Å².